The number of para-hydroxylation sites is 2. The Balaban J connectivity index is 1.76. The van der Waals surface area contributed by atoms with Crippen molar-refractivity contribution < 1.29 is 13.6 Å². The SMILES string of the molecule is CCCn1c(=O)n(CC(=O)NC(C)Cc2c(F)cccc2F)c2ccccc21. The van der Waals surface area contributed by atoms with E-state index in [4.69, 9.17) is 0 Å². The molecule has 1 amide bonds. The molecule has 0 aliphatic heterocycles. The fraction of sp³-hybridized carbons (Fsp3) is 0.333. The molecular formula is C21H23F2N3O2. The van der Waals surface area contributed by atoms with Gasteiger partial charge in [0, 0.05) is 18.2 Å². The van der Waals surface area contributed by atoms with Crippen molar-refractivity contribution in [2.75, 3.05) is 0 Å². The van der Waals surface area contributed by atoms with Crippen molar-refractivity contribution in [3.63, 3.8) is 0 Å². The van der Waals surface area contributed by atoms with Crippen molar-refractivity contribution in [2.24, 2.45) is 0 Å². The Kier molecular flexibility index (Phi) is 5.92. The van der Waals surface area contributed by atoms with Gasteiger partial charge in [-0.2, -0.15) is 0 Å². The van der Waals surface area contributed by atoms with Crippen molar-refractivity contribution in [2.45, 2.75) is 45.8 Å². The summed E-state index contributed by atoms with van der Waals surface area (Å²) in [6, 6.07) is 10.5. The second-order valence-electron chi connectivity index (χ2n) is 6.88. The molecule has 0 saturated carbocycles. The van der Waals surface area contributed by atoms with Crippen LogP contribution in [0.3, 0.4) is 0 Å². The topological polar surface area (TPSA) is 56.0 Å². The first-order chi connectivity index (χ1) is 13.4. The van der Waals surface area contributed by atoms with Crippen molar-refractivity contribution in [1.29, 1.82) is 0 Å². The molecule has 0 aliphatic carbocycles. The highest BCUT2D eigenvalue weighted by Gasteiger charge is 2.18. The number of hydrogen-bond donors (Lipinski definition) is 1. The zero-order chi connectivity index (χ0) is 20.3. The van der Waals surface area contributed by atoms with Crippen molar-refractivity contribution in [3.05, 3.63) is 70.1 Å². The van der Waals surface area contributed by atoms with Gasteiger partial charge in [0.05, 0.1) is 11.0 Å². The fourth-order valence-electron chi connectivity index (χ4n) is 3.41. The number of amides is 1. The number of aryl methyl sites for hydroxylation is 1. The maximum atomic E-state index is 13.8. The predicted octanol–water partition coefficient (Wildman–Crippen LogP) is 3.24. The summed E-state index contributed by atoms with van der Waals surface area (Å²) in [5.74, 6) is -1.66. The van der Waals surface area contributed by atoms with E-state index in [1.54, 1.807) is 17.6 Å². The molecule has 1 aromatic heterocycles. The Labute approximate surface area is 161 Å². The molecule has 28 heavy (non-hydrogen) atoms. The maximum absolute atomic E-state index is 13.8. The van der Waals surface area contributed by atoms with Gasteiger partial charge in [-0.1, -0.05) is 25.1 Å². The number of rotatable bonds is 7. The summed E-state index contributed by atoms with van der Waals surface area (Å²) in [7, 11) is 0. The van der Waals surface area contributed by atoms with Crippen LogP contribution in [-0.2, 0) is 24.3 Å². The third kappa shape index (κ3) is 3.98. The van der Waals surface area contributed by atoms with E-state index in [1.165, 1.54) is 22.8 Å². The first-order valence-electron chi connectivity index (χ1n) is 9.32. The molecule has 1 heterocycles. The number of aromatic nitrogens is 2. The van der Waals surface area contributed by atoms with Crippen LogP contribution in [-0.4, -0.2) is 21.1 Å². The minimum Gasteiger partial charge on any atom is -0.352 e. The number of fused-ring (bicyclic) bond motifs is 1. The Morgan fingerprint density at radius 1 is 1.04 bits per heavy atom. The highest BCUT2D eigenvalue weighted by molar-refractivity contribution is 5.81. The number of hydrogen-bond acceptors (Lipinski definition) is 2. The Bertz CT molecular complexity index is 1040. The van der Waals surface area contributed by atoms with Crippen LogP contribution in [0.25, 0.3) is 11.0 Å². The van der Waals surface area contributed by atoms with Crippen molar-refractivity contribution >= 4 is 16.9 Å². The first kappa shape index (κ1) is 19.8. The van der Waals surface area contributed by atoms with Crippen LogP contribution in [0.4, 0.5) is 8.78 Å². The Hall–Kier alpha value is -2.96. The number of nitrogens with zero attached hydrogens (tertiary/aromatic N) is 2. The van der Waals surface area contributed by atoms with Gasteiger partial charge in [0.25, 0.3) is 0 Å². The average molecular weight is 387 g/mol. The van der Waals surface area contributed by atoms with Crippen LogP contribution in [0, 0.1) is 11.6 Å². The van der Waals surface area contributed by atoms with Crippen LogP contribution < -0.4 is 11.0 Å². The summed E-state index contributed by atoms with van der Waals surface area (Å²) in [4.78, 5) is 25.2. The lowest BCUT2D eigenvalue weighted by Gasteiger charge is -2.15. The third-order valence-electron chi connectivity index (χ3n) is 4.65. The van der Waals surface area contributed by atoms with Gasteiger partial charge >= 0.3 is 5.69 Å². The van der Waals surface area contributed by atoms with E-state index < -0.39 is 17.7 Å². The van der Waals surface area contributed by atoms with Gasteiger partial charge in [0.2, 0.25) is 5.91 Å². The summed E-state index contributed by atoms with van der Waals surface area (Å²) < 4.78 is 30.7. The number of carbonyl (C=O) groups excluding carboxylic acids is 1. The van der Waals surface area contributed by atoms with Gasteiger partial charge in [-0.3, -0.25) is 13.9 Å². The summed E-state index contributed by atoms with van der Waals surface area (Å²) >= 11 is 0. The molecule has 0 saturated heterocycles. The van der Waals surface area contributed by atoms with E-state index >= 15 is 0 Å². The van der Waals surface area contributed by atoms with Gasteiger partial charge in [0.15, 0.2) is 0 Å². The maximum Gasteiger partial charge on any atom is 0.329 e. The zero-order valence-corrected chi connectivity index (χ0v) is 15.9. The van der Waals surface area contributed by atoms with E-state index in [-0.39, 0.29) is 30.1 Å². The molecule has 0 radical (unpaired) electrons. The molecular weight excluding hydrogens is 364 g/mol. The molecule has 1 atom stereocenters. The summed E-state index contributed by atoms with van der Waals surface area (Å²) in [5.41, 5.74) is 1.16. The highest BCUT2D eigenvalue weighted by Crippen LogP contribution is 2.15. The summed E-state index contributed by atoms with van der Waals surface area (Å²) in [6.45, 7) is 4.07. The number of nitrogens with one attached hydrogen (secondary N) is 1. The van der Waals surface area contributed by atoms with E-state index in [0.29, 0.717) is 12.1 Å². The van der Waals surface area contributed by atoms with Gasteiger partial charge < -0.3 is 5.32 Å². The smallest absolute Gasteiger partial charge is 0.329 e. The molecule has 0 spiro atoms. The van der Waals surface area contributed by atoms with E-state index in [0.717, 1.165) is 11.9 Å². The molecule has 0 aliphatic rings. The number of halogens is 2. The average Bonchev–Trinajstić information content (AvgIpc) is 2.91. The lowest BCUT2D eigenvalue weighted by molar-refractivity contribution is -0.122. The predicted molar refractivity (Wildman–Crippen MR) is 104 cm³/mol. The minimum absolute atomic E-state index is 0.0245. The third-order valence-corrected chi connectivity index (χ3v) is 4.65. The Morgan fingerprint density at radius 2 is 1.64 bits per heavy atom. The molecule has 1 unspecified atom stereocenters. The molecule has 5 nitrogen and oxygen atoms in total. The van der Waals surface area contributed by atoms with Crippen LogP contribution in [0.5, 0.6) is 0 Å². The molecule has 3 rings (SSSR count). The second kappa shape index (κ2) is 8.37. The van der Waals surface area contributed by atoms with Gasteiger partial charge in [-0.05, 0) is 44.0 Å². The van der Waals surface area contributed by atoms with Gasteiger partial charge in [-0.15, -0.1) is 0 Å². The number of carbonyl (C=O) groups is 1. The quantitative estimate of drug-likeness (QED) is 0.677. The number of imidazole rings is 1. The van der Waals surface area contributed by atoms with Gasteiger partial charge in [-0.25, -0.2) is 13.6 Å². The van der Waals surface area contributed by atoms with Crippen LogP contribution in [0.1, 0.15) is 25.8 Å². The normalized spacial score (nSPS) is 12.3. The molecule has 0 bridgehead atoms. The van der Waals surface area contributed by atoms with Crippen LogP contribution >= 0.6 is 0 Å². The second-order valence-corrected chi connectivity index (χ2v) is 6.88. The summed E-state index contributed by atoms with van der Waals surface area (Å²) in [5, 5.41) is 2.72. The van der Waals surface area contributed by atoms with Crippen molar-refractivity contribution in [3.8, 4) is 0 Å². The lowest BCUT2D eigenvalue weighted by atomic mass is 10.1. The van der Waals surface area contributed by atoms with Gasteiger partial charge in [0.1, 0.15) is 18.2 Å². The van der Waals surface area contributed by atoms with Crippen molar-refractivity contribution in [1.82, 2.24) is 14.5 Å². The van der Waals surface area contributed by atoms with E-state index in [2.05, 4.69) is 5.32 Å². The number of benzene rings is 2. The molecule has 0 fully saturated rings. The molecule has 148 valence electrons. The highest BCUT2D eigenvalue weighted by atomic mass is 19.1. The molecule has 3 aromatic rings. The van der Waals surface area contributed by atoms with E-state index in [1.807, 2.05) is 25.1 Å². The first-order valence-corrected chi connectivity index (χ1v) is 9.32. The minimum atomic E-state index is -0.639. The standard InChI is InChI=1S/C21H23F2N3O2/c1-3-11-25-18-9-4-5-10-19(18)26(21(25)28)13-20(27)24-14(2)12-15-16(22)7-6-8-17(15)23/h4-10,14H,3,11-13H2,1-2H3,(H,24,27). The molecule has 2 aromatic carbocycles. The zero-order valence-electron chi connectivity index (χ0n) is 15.9. The molecule has 1 N–H and O–H groups in total. The van der Waals surface area contributed by atoms with E-state index in [9.17, 15) is 18.4 Å². The molecule has 7 heteroatoms. The lowest BCUT2D eigenvalue weighted by Crippen LogP contribution is -2.39. The van der Waals surface area contributed by atoms with Crippen LogP contribution in [0.15, 0.2) is 47.3 Å². The van der Waals surface area contributed by atoms with Crippen LogP contribution in [0.2, 0.25) is 0 Å². The fourth-order valence-corrected chi connectivity index (χ4v) is 3.41. The summed E-state index contributed by atoms with van der Waals surface area (Å²) in [6.07, 6.45) is 0.822. The monoisotopic (exact) mass is 387 g/mol. The largest absolute Gasteiger partial charge is 0.352 e. The Morgan fingerprint density at radius 3 is 2.25 bits per heavy atom.